The fourth-order valence-corrected chi connectivity index (χ4v) is 3.24. The lowest BCUT2D eigenvalue weighted by Gasteiger charge is -2.20. The summed E-state index contributed by atoms with van der Waals surface area (Å²) in [5.74, 6) is -0.729. The lowest BCUT2D eigenvalue weighted by Crippen LogP contribution is -2.30. The highest BCUT2D eigenvalue weighted by atomic mass is 16.4. The number of hydrogen-bond donors (Lipinski definition) is 2. The number of rotatable bonds is 3. The topological polar surface area (TPSA) is 100 Å². The number of carboxylic acid groups (broad SMARTS) is 1. The van der Waals surface area contributed by atoms with Gasteiger partial charge < -0.3 is 19.9 Å². The van der Waals surface area contributed by atoms with Crippen LogP contribution in [-0.4, -0.2) is 51.8 Å². The summed E-state index contributed by atoms with van der Waals surface area (Å²) in [4.78, 5) is 35.2. The highest BCUT2D eigenvalue weighted by Crippen LogP contribution is 2.19. The van der Waals surface area contributed by atoms with Crippen LogP contribution in [0.2, 0.25) is 0 Å². The molecule has 1 fully saturated rings. The van der Waals surface area contributed by atoms with Gasteiger partial charge in [-0.05, 0) is 25.1 Å². The fourth-order valence-electron chi connectivity index (χ4n) is 3.24. The third-order valence-electron chi connectivity index (χ3n) is 4.62. The predicted molar refractivity (Wildman–Crippen MR) is 102 cm³/mol. The van der Waals surface area contributed by atoms with E-state index >= 15 is 0 Å². The first-order chi connectivity index (χ1) is 13.1. The molecule has 0 unspecified atom stereocenters. The zero-order chi connectivity index (χ0) is 18.8. The van der Waals surface area contributed by atoms with Crippen LogP contribution in [0.1, 0.15) is 16.8 Å². The molecular formula is C19H19N5O3. The highest BCUT2D eigenvalue weighted by molar-refractivity contribution is 5.92. The van der Waals surface area contributed by atoms with Crippen molar-refractivity contribution in [2.75, 3.05) is 31.1 Å². The molecule has 1 aliphatic rings. The second-order valence-corrected chi connectivity index (χ2v) is 6.38. The molecule has 0 amide bonds. The normalized spacial score (nSPS) is 14.9. The zero-order valence-electron chi connectivity index (χ0n) is 14.6. The van der Waals surface area contributed by atoms with Crippen LogP contribution in [0.15, 0.2) is 47.5 Å². The van der Waals surface area contributed by atoms with Crippen molar-refractivity contribution in [3.05, 3.63) is 58.5 Å². The number of pyridine rings is 1. The molecule has 0 bridgehead atoms. The van der Waals surface area contributed by atoms with E-state index in [1.165, 1.54) is 12.4 Å². The Kier molecular flexibility index (Phi) is 4.55. The summed E-state index contributed by atoms with van der Waals surface area (Å²) < 4.78 is 1.64. The number of nitrogens with zero attached hydrogens (tertiary/aromatic N) is 4. The monoisotopic (exact) mass is 365 g/mol. The molecule has 8 nitrogen and oxygen atoms in total. The Balaban J connectivity index is 1.94. The van der Waals surface area contributed by atoms with E-state index in [1.807, 2.05) is 30.3 Å². The average molecular weight is 365 g/mol. The first-order valence-electron chi connectivity index (χ1n) is 8.82. The number of hydrogen-bond acceptors (Lipinski definition) is 6. The van der Waals surface area contributed by atoms with Gasteiger partial charge in [0.15, 0.2) is 5.65 Å². The summed E-state index contributed by atoms with van der Waals surface area (Å²) in [6.07, 6.45) is 3.75. The number of fused-ring (bicyclic) bond motifs is 1. The van der Waals surface area contributed by atoms with Crippen LogP contribution >= 0.6 is 0 Å². The molecule has 1 aliphatic heterocycles. The molecule has 27 heavy (non-hydrogen) atoms. The molecule has 4 rings (SSSR count). The number of aromatic nitrogens is 3. The van der Waals surface area contributed by atoms with Gasteiger partial charge in [0, 0.05) is 37.7 Å². The maximum atomic E-state index is 12.6. The van der Waals surface area contributed by atoms with Gasteiger partial charge in [0.1, 0.15) is 5.56 Å². The molecule has 0 radical (unpaired) electrons. The van der Waals surface area contributed by atoms with Crippen molar-refractivity contribution in [3.63, 3.8) is 0 Å². The van der Waals surface area contributed by atoms with Gasteiger partial charge in [0.25, 0.3) is 0 Å². The van der Waals surface area contributed by atoms with E-state index in [0.717, 1.165) is 38.3 Å². The lowest BCUT2D eigenvalue weighted by molar-refractivity contribution is 0.0695. The van der Waals surface area contributed by atoms with E-state index in [-0.39, 0.29) is 10.9 Å². The molecule has 0 spiro atoms. The number of carboxylic acids is 1. The lowest BCUT2D eigenvalue weighted by atomic mass is 10.2. The SMILES string of the molecule is O=C(O)c1cn(-c2ccccc2)c2nc(N3CCCNCC3)ncc2c1=O. The van der Waals surface area contributed by atoms with Crippen molar-refractivity contribution >= 4 is 23.0 Å². The van der Waals surface area contributed by atoms with Gasteiger partial charge in [-0.2, -0.15) is 4.98 Å². The number of carbonyl (C=O) groups is 1. The molecular weight excluding hydrogens is 346 g/mol. The Morgan fingerprint density at radius 1 is 1.15 bits per heavy atom. The first kappa shape index (κ1) is 17.2. The highest BCUT2D eigenvalue weighted by Gasteiger charge is 2.19. The maximum Gasteiger partial charge on any atom is 0.341 e. The van der Waals surface area contributed by atoms with Crippen molar-refractivity contribution in [1.82, 2.24) is 19.9 Å². The van der Waals surface area contributed by atoms with Gasteiger partial charge in [-0.15, -0.1) is 0 Å². The molecule has 0 aliphatic carbocycles. The minimum Gasteiger partial charge on any atom is -0.477 e. The molecule has 0 atom stereocenters. The third kappa shape index (κ3) is 3.26. The molecule has 138 valence electrons. The third-order valence-corrected chi connectivity index (χ3v) is 4.62. The van der Waals surface area contributed by atoms with Crippen LogP contribution in [0.3, 0.4) is 0 Å². The standard InChI is InChI=1S/C19H19N5O3/c25-16-14-11-21-19(23-9-4-7-20-8-10-23)22-17(14)24(12-15(16)18(26)27)13-5-2-1-3-6-13/h1-3,5-6,11-12,20H,4,7-10H2,(H,26,27). The van der Waals surface area contributed by atoms with Crippen LogP contribution in [0.5, 0.6) is 0 Å². The zero-order valence-corrected chi connectivity index (χ0v) is 14.6. The van der Waals surface area contributed by atoms with Gasteiger partial charge in [-0.3, -0.25) is 4.79 Å². The van der Waals surface area contributed by atoms with Gasteiger partial charge in [-0.1, -0.05) is 18.2 Å². The second-order valence-electron chi connectivity index (χ2n) is 6.38. The van der Waals surface area contributed by atoms with Crippen LogP contribution in [0, 0.1) is 0 Å². The molecule has 1 saturated heterocycles. The Morgan fingerprint density at radius 3 is 2.74 bits per heavy atom. The maximum absolute atomic E-state index is 12.6. The van der Waals surface area contributed by atoms with Crippen molar-refractivity contribution in [1.29, 1.82) is 0 Å². The molecule has 2 aromatic heterocycles. The summed E-state index contributed by atoms with van der Waals surface area (Å²) >= 11 is 0. The van der Waals surface area contributed by atoms with Crippen molar-refractivity contribution in [2.24, 2.45) is 0 Å². The molecule has 1 aromatic carbocycles. The average Bonchev–Trinajstić information content (AvgIpc) is 2.98. The number of nitrogens with one attached hydrogen (secondary N) is 1. The number of aromatic carboxylic acids is 1. The molecule has 8 heteroatoms. The van der Waals surface area contributed by atoms with Crippen molar-refractivity contribution < 1.29 is 9.90 Å². The molecule has 0 saturated carbocycles. The fraction of sp³-hybridized carbons (Fsp3) is 0.263. The summed E-state index contributed by atoms with van der Waals surface area (Å²) in [6, 6.07) is 9.25. The molecule has 3 heterocycles. The number of benzene rings is 1. The Bertz CT molecular complexity index is 1040. The van der Waals surface area contributed by atoms with Gasteiger partial charge >= 0.3 is 5.97 Å². The summed E-state index contributed by atoms with van der Waals surface area (Å²) in [5, 5.41) is 12.9. The van der Waals surface area contributed by atoms with E-state index in [4.69, 9.17) is 0 Å². The van der Waals surface area contributed by atoms with E-state index in [9.17, 15) is 14.7 Å². The quantitative estimate of drug-likeness (QED) is 0.721. The smallest absolute Gasteiger partial charge is 0.341 e. The molecule has 2 N–H and O–H groups in total. The minimum atomic E-state index is -1.27. The Morgan fingerprint density at radius 2 is 1.96 bits per heavy atom. The predicted octanol–water partition coefficient (Wildman–Crippen LogP) is 1.28. The summed E-state index contributed by atoms with van der Waals surface area (Å²) in [6.45, 7) is 3.38. The van der Waals surface area contributed by atoms with E-state index in [1.54, 1.807) is 4.57 Å². The minimum absolute atomic E-state index is 0.190. The van der Waals surface area contributed by atoms with Crippen LogP contribution in [0.25, 0.3) is 16.7 Å². The number of anilines is 1. The van der Waals surface area contributed by atoms with Crippen LogP contribution in [-0.2, 0) is 0 Å². The Labute approximate surface area is 155 Å². The van der Waals surface area contributed by atoms with Gasteiger partial charge in [0.05, 0.1) is 5.39 Å². The van der Waals surface area contributed by atoms with Crippen LogP contribution < -0.4 is 15.6 Å². The van der Waals surface area contributed by atoms with Gasteiger partial charge in [0.2, 0.25) is 11.4 Å². The van der Waals surface area contributed by atoms with Crippen LogP contribution in [0.4, 0.5) is 5.95 Å². The second kappa shape index (κ2) is 7.16. The van der Waals surface area contributed by atoms with Crippen molar-refractivity contribution in [2.45, 2.75) is 6.42 Å². The summed E-state index contributed by atoms with van der Waals surface area (Å²) in [7, 11) is 0. The largest absolute Gasteiger partial charge is 0.477 e. The van der Waals surface area contributed by atoms with Crippen molar-refractivity contribution in [3.8, 4) is 5.69 Å². The number of para-hydroxylation sites is 1. The van der Waals surface area contributed by atoms with E-state index < -0.39 is 11.4 Å². The summed E-state index contributed by atoms with van der Waals surface area (Å²) in [5.41, 5.74) is 0.251. The van der Waals surface area contributed by atoms with Gasteiger partial charge in [-0.25, -0.2) is 9.78 Å². The van der Waals surface area contributed by atoms with E-state index in [2.05, 4.69) is 20.2 Å². The Hall–Kier alpha value is -3.26. The van der Waals surface area contributed by atoms with E-state index in [0.29, 0.717) is 11.6 Å². The molecule has 3 aromatic rings. The first-order valence-corrected chi connectivity index (χ1v) is 8.82.